The molecule has 7 heteroatoms. The fourth-order valence-electron chi connectivity index (χ4n) is 2.12. The Morgan fingerprint density at radius 2 is 2.00 bits per heavy atom. The summed E-state index contributed by atoms with van der Waals surface area (Å²) < 4.78 is 18.3. The van der Waals surface area contributed by atoms with Gasteiger partial charge in [-0.15, -0.1) is 0 Å². The highest BCUT2D eigenvalue weighted by Gasteiger charge is 2.11. The van der Waals surface area contributed by atoms with Crippen LogP contribution in [0.15, 0.2) is 48.5 Å². The predicted octanol–water partition coefficient (Wildman–Crippen LogP) is 2.82. The molecule has 0 saturated carbocycles. The van der Waals surface area contributed by atoms with Crippen molar-refractivity contribution in [3.8, 4) is 5.75 Å². The van der Waals surface area contributed by atoms with Gasteiger partial charge in [-0.1, -0.05) is 18.2 Å². The van der Waals surface area contributed by atoms with Gasteiger partial charge in [0.1, 0.15) is 24.3 Å². The van der Waals surface area contributed by atoms with Crippen molar-refractivity contribution in [3.05, 3.63) is 70.0 Å². The van der Waals surface area contributed by atoms with E-state index in [1.165, 1.54) is 30.3 Å². The minimum atomic E-state index is -0.785. The number of rotatable bonds is 8. The van der Waals surface area contributed by atoms with Crippen molar-refractivity contribution in [2.75, 3.05) is 13.2 Å². The van der Waals surface area contributed by atoms with E-state index >= 15 is 0 Å². The number of nitro benzene ring substituents is 1. The van der Waals surface area contributed by atoms with Crippen molar-refractivity contribution in [3.63, 3.8) is 0 Å². The summed E-state index contributed by atoms with van der Waals surface area (Å²) in [6.07, 6.45) is -0.785. The highest BCUT2D eigenvalue weighted by molar-refractivity contribution is 5.37. The number of aliphatic hydroxyl groups excluding tert-OH is 1. The normalized spacial score (nSPS) is 13.3. The van der Waals surface area contributed by atoms with Crippen LogP contribution in [0.25, 0.3) is 0 Å². The molecule has 0 amide bonds. The second kappa shape index (κ2) is 8.37. The molecule has 0 saturated heterocycles. The van der Waals surface area contributed by atoms with E-state index < -0.39 is 11.0 Å². The molecule has 0 aromatic heterocycles. The molecule has 2 aromatic rings. The van der Waals surface area contributed by atoms with Crippen LogP contribution in [0.3, 0.4) is 0 Å². The quantitative estimate of drug-likeness (QED) is 0.573. The van der Waals surface area contributed by atoms with Crippen molar-refractivity contribution in [1.29, 1.82) is 0 Å². The van der Waals surface area contributed by atoms with Crippen molar-refractivity contribution < 1.29 is 19.2 Å². The second-order valence-corrected chi connectivity index (χ2v) is 5.40. The van der Waals surface area contributed by atoms with E-state index in [0.717, 1.165) is 5.56 Å². The molecule has 0 aliphatic heterocycles. The number of nitrogens with zero attached hydrogens (tertiary/aromatic N) is 1. The SMILES string of the molecule is C[C@@H](NC[C@H](O)COc1cccc([N+](=O)[O-])c1)c1ccc(F)cc1. The summed E-state index contributed by atoms with van der Waals surface area (Å²) >= 11 is 0. The van der Waals surface area contributed by atoms with E-state index in [-0.39, 0.29) is 30.7 Å². The molecule has 0 bridgehead atoms. The first kappa shape index (κ1) is 17.8. The van der Waals surface area contributed by atoms with Crippen LogP contribution in [0.5, 0.6) is 5.75 Å². The second-order valence-electron chi connectivity index (χ2n) is 5.40. The maximum atomic E-state index is 12.9. The summed E-state index contributed by atoms with van der Waals surface area (Å²) in [6.45, 7) is 2.18. The maximum absolute atomic E-state index is 12.9. The minimum Gasteiger partial charge on any atom is -0.491 e. The number of hydrogen-bond donors (Lipinski definition) is 2. The fraction of sp³-hybridized carbons (Fsp3) is 0.294. The summed E-state index contributed by atoms with van der Waals surface area (Å²) in [7, 11) is 0. The first-order valence-corrected chi connectivity index (χ1v) is 7.50. The summed E-state index contributed by atoms with van der Waals surface area (Å²) in [5.41, 5.74) is 0.841. The Bertz CT molecular complexity index is 679. The molecule has 6 nitrogen and oxygen atoms in total. The molecule has 2 N–H and O–H groups in total. The summed E-state index contributed by atoms with van der Waals surface area (Å²) in [5.74, 6) is 0.0335. The van der Waals surface area contributed by atoms with Gasteiger partial charge < -0.3 is 15.2 Å². The van der Waals surface area contributed by atoms with E-state index in [1.807, 2.05) is 6.92 Å². The lowest BCUT2D eigenvalue weighted by molar-refractivity contribution is -0.384. The number of nitro groups is 1. The van der Waals surface area contributed by atoms with Crippen LogP contribution >= 0.6 is 0 Å². The average molecular weight is 334 g/mol. The number of aliphatic hydroxyl groups is 1. The molecular weight excluding hydrogens is 315 g/mol. The lowest BCUT2D eigenvalue weighted by Crippen LogP contribution is -2.33. The topological polar surface area (TPSA) is 84.6 Å². The molecule has 0 spiro atoms. The van der Waals surface area contributed by atoms with E-state index in [1.54, 1.807) is 18.2 Å². The van der Waals surface area contributed by atoms with Gasteiger partial charge in [0.25, 0.3) is 5.69 Å². The molecule has 2 rings (SSSR count). The minimum absolute atomic E-state index is 0.00427. The molecule has 0 fully saturated rings. The fourth-order valence-corrected chi connectivity index (χ4v) is 2.12. The van der Waals surface area contributed by atoms with Gasteiger partial charge in [-0.2, -0.15) is 0 Å². The molecule has 24 heavy (non-hydrogen) atoms. The molecule has 128 valence electrons. The van der Waals surface area contributed by atoms with Crippen molar-refractivity contribution in [2.45, 2.75) is 19.1 Å². The van der Waals surface area contributed by atoms with E-state index in [2.05, 4.69) is 5.32 Å². The Morgan fingerprint density at radius 1 is 1.29 bits per heavy atom. The van der Waals surface area contributed by atoms with Gasteiger partial charge in [0.15, 0.2) is 0 Å². The predicted molar refractivity (Wildman–Crippen MR) is 87.4 cm³/mol. The van der Waals surface area contributed by atoms with Crippen LogP contribution in [-0.2, 0) is 0 Å². The first-order chi connectivity index (χ1) is 11.5. The first-order valence-electron chi connectivity index (χ1n) is 7.50. The van der Waals surface area contributed by atoms with Gasteiger partial charge in [0.2, 0.25) is 0 Å². The van der Waals surface area contributed by atoms with Crippen LogP contribution in [0, 0.1) is 15.9 Å². The molecule has 0 radical (unpaired) electrons. The zero-order chi connectivity index (χ0) is 17.5. The van der Waals surface area contributed by atoms with E-state index in [9.17, 15) is 19.6 Å². The van der Waals surface area contributed by atoms with Gasteiger partial charge in [0, 0.05) is 18.7 Å². The Balaban J connectivity index is 1.79. The van der Waals surface area contributed by atoms with Crippen LogP contribution < -0.4 is 10.1 Å². The van der Waals surface area contributed by atoms with Gasteiger partial charge >= 0.3 is 0 Å². The zero-order valence-corrected chi connectivity index (χ0v) is 13.2. The lowest BCUT2D eigenvalue weighted by atomic mass is 10.1. The zero-order valence-electron chi connectivity index (χ0n) is 13.2. The van der Waals surface area contributed by atoms with Crippen LogP contribution in [0.1, 0.15) is 18.5 Å². The molecule has 0 aliphatic rings. The largest absolute Gasteiger partial charge is 0.491 e. The molecular formula is C17H19FN2O4. The average Bonchev–Trinajstić information content (AvgIpc) is 2.58. The molecule has 0 aliphatic carbocycles. The van der Waals surface area contributed by atoms with E-state index in [4.69, 9.17) is 4.74 Å². The standard InChI is InChI=1S/C17H19FN2O4/c1-12(13-5-7-14(18)8-6-13)19-10-16(21)11-24-17-4-2-3-15(9-17)20(22)23/h2-9,12,16,19,21H,10-11H2,1H3/t12-,16+/m1/s1. The third-order valence-corrected chi connectivity index (χ3v) is 3.50. The number of benzene rings is 2. The number of nitrogens with one attached hydrogen (secondary N) is 1. The highest BCUT2D eigenvalue weighted by Crippen LogP contribution is 2.19. The Labute approximate surface area is 139 Å². The van der Waals surface area contributed by atoms with Crippen LogP contribution in [-0.4, -0.2) is 29.3 Å². The van der Waals surface area contributed by atoms with Crippen LogP contribution in [0.2, 0.25) is 0 Å². The molecule has 0 heterocycles. The number of halogens is 1. The summed E-state index contributed by atoms with van der Waals surface area (Å²) in [4.78, 5) is 10.2. The number of ether oxygens (including phenoxy) is 1. The van der Waals surface area contributed by atoms with Crippen molar-refractivity contribution in [2.24, 2.45) is 0 Å². The Kier molecular flexibility index (Phi) is 6.22. The monoisotopic (exact) mass is 334 g/mol. The number of non-ortho nitro benzene ring substituents is 1. The third-order valence-electron chi connectivity index (χ3n) is 3.50. The summed E-state index contributed by atoms with van der Waals surface area (Å²) in [5, 5.41) is 23.8. The smallest absolute Gasteiger partial charge is 0.273 e. The molecule has 0 unspecified atom stereocenters. The maximum Gasteiger partial charge on any atom is 0.273 e. The van der Waals surface area contributed by atoms with Crippen LogP contribution in [0.4, 0.5) is 10.1 Å². The van der Waals surface area contributed by atoms with Gasteiger partial charge in [0.05, 0.1) is 11.0 Å². The van der Waals surface area contributed by atoms with Crippen molar-refractivity contribution >= 4 is 5.69 Å². The molecule has 2 aromatic carbocycles. The van der Waals surface area contributed by atoms with Gasteiger partial charge in [-0.3, -0.25) is 10.1 Å². The van der Waals surface area contributed by atoms with Gasteiger partial charge in [-0.05, 0) is 30.7 Å². The van der Waals surface area contributed by atoms with E-state index in [0.29, 0.717) is 5.75 Å². The third kappa shape index (κ3) is 5.29. The van der Waals surface area contributed by atoms with Crippen molar-refractivity contribution in [1.82, 2.24) is 5.32 Å². The number of hydrogen-bond acceptors (Lipinski definition) is 5. The Morgan fingerprint density at radius 3 is 2.67 bits per heavy atom. The lowest BCUT2D eigenvalue weighted by Gasteiger charge is -2.18. The highest BCUT2D eigenvalue weighted by atomic mass is 19.1. The summed E-state index contributed by atoms with van der Waals surface area (Å²) in [6, 6.07) is 11.9. The molecule has 2 atom stereocenters. The van der Waals surface area contributed by atoms with Gasteiger partial charge in [-0.25, -0.2) is 4.39 Å². The Hall–Kier alpha value is -2.51.